The number of rotatable bonds is 10. The molecule has 2 fully saturated rings. The molecule has 0 unspecified atom stereocenters. The molecule has 0 spiro atoms. The number of aryl methyl sites for hydroxylation is 2. The van der Waals surface area contributed by atoms with Crippen LogP contribution in [0.4, 0.5) is 43.9 Å². The highest BCUT2D eigenvalue weighted by molar-refractivity contribution is 5.80. The van der Waals surface area contributed by atoms with Crippen LogP contribution in [-0.4, -0.2) is 114 Å². The highest BCUT2D eigenvalue weighted by Crippen LogP contribution is 2.27. The first-order chi connectivity index (χ1) is 27.9. The SMILES string of the molecule is CO[C@@H]1CCN(c2nccc(Nc3cc4c(cn3)nc(C)n4C(C)C)n2)C[C@@H]1F.CO[C@H]1CCN(c2nccc(Nc3cc4c(cn3)nc(C)n4C(C)C)n2)C[C@H]1F. The lowest BCUT2D eigenvalue weighted by atomic mass is 10.1. The molecule has 0 aliphatic carbocycles. The van der Waals surface area contributed by atoms with Gasteiger partial charge in [-0.2, -0.15) is 9.97 Å². The van der Waals surface area contributed by atoms with Gasteiger partial charge in [-0.25, -0.2) is 38.7 Å². The molecular formula is C40H52F2N14O2. The van der Waals surface area contributed by atoms with Crippen LogP contribution in [0.1, 0.15) is 64.3 Å². The van der Waals surface area contributed by atoms with Crippen molar-refractivity contribution in [2.45, 2.75) is 91.0 Å². The number of imidazole rings is 2. The largest absolute Gasteiger partial charge is 0.378 e. The summed E-state index contributed by atoms with van der Waals surface area (Å²) in [5.41, 5.74) is 3.76. The van der Waals surface area contributed by atoms with Crippen molar-refractivity contribution in [1.82, 2.24) is 49.0 Å². The van der Waals surface area contributed by atoms with Crippen LogP contribution in [-0.2, 0) is 9.47 Å². The summed E-state index contributed by atoms with van der Waals surface area (Å²) >= 11 is 0. The second-order valence-corrected chi connectivity index (χ2v) is 15.1. The fourth-order valence-corrected chi connectivity index (χ4v) is 7.74. The lowest BCUT2D eigenvalue weighted by molar-refractivity contribution is 0.0194. The topological polar surface area (TPSA) is 162 Å². The van der Waals surface area contributed by atoms with E-state index in [1.807, 2.05) is 35.8 Å². The van der Waals surface area contributed by atoms with Gasteiger partial charge in [0.15, 0.2) is 0 Å². The van der Waals surface area contributed by atoms with E-state index in [1.165, 1.54) is 0 Å². The quantitative estimate of drug-likeness (QED) is 0.148. The van der Waals surface area contributed by atoms with Gasteiger partial charge in [-0.1, -0.05) is 0 Å². The number of pyridine rings is 2. The zero-order chi connectivity index (χ0) is 41.1. The first-order valence-corrected chi connectivity index (χ1v) is 19.6. The summed E-state index contributed by atoms with van der Waals surface area (Å²) in [6, 6.07) is 8.08. The first-order valence-electron chi connectivity index (χ1n) is 19.6. The van der Waals surface area contributed by atoms with Gasteiger partial charge in [-0.3, -0.25) is 0 Å². The van der Waals surface area contributed by atoms with Crippen molar-refractivity contribution in [3.05, 3.63) is 60.7 Å². The molecule has 308 valence electrons. The van der Waals surface area contributed by atoms with E-state index in [4.69, 9.17) is 9.47 Å². The van der Waals surface area contributed by atoms with Crippen LogP contribution < -0.4 is 20.4 Å². The van der Waals surface area contributed by atoms with E-state index in [2.05, 4.69) is 87.3 Å². The third kappa shape index (κ3) is 8.77. The molecular weight excluding hydrogens is 747 g/mol. The summed E-state index contributed by atoms with van der Waals surface area (Å²) in [5.74, 6) is 5.47. The van der Waals surface area contributed by atoms with Gasteiger partial charge in [0.25, 0.3) is 0 Å². The minimum atomic E-state index is -1.06. The minimum Gasteiger partial charge on any atom is -0.378 e. The number of nitrogens with zero attached hydrogens (tertiary/aromatic N) is 12. The monoisotopic (exact) mass is 798 g/mol. The summed E-state index contributed by atoms with van der Waals surface area (Å²) in [4.78, 5) is 39.5. The number of nitrogens with one attached hydrogen (secondary N) is 2. The Bertz CT molecular complexity index is 2170. The molecule has 0 saturated carbocycles. The molecule has 0 aromatic carbocycles. The molecule has 4 atom stereocenters. The molecule has 6 aromatic heterocycles. The third-order valence-electron chi connectivity index (χ3n) is 10.5. The van der Waals surface area contributed by atoms with Gasteiger partial charge in [-0.15, -0.1) is 0 Å². The molecule has 2 aliphatic rings. The molecule has 0 bridgehead atoms. The van der Waals surface area contributed by atoms with E-state index in [1.54, 1.807) is 51.1 Å². The van der Waals surface area contributed by atoms with E-state index < -0.39 is 12.3 Å². The zero-order valence-corrected chi connectivity index (χ0v) is 34.3. The summed E-state index contributed by atoms with van der Waals surface area (Å²) in [6.07, 6.45) is 5.22. The normalized spacial score (nSPS) is 19.9. The number of anilines is 6. The number of halogens is 2. The second kappa shape index (κ2) is 17.5. The summed E-state index contributed by atoms with van der Waals surface area (Å²) < 4.78 is 43.2. The van der Waals surface area contributed by atoms with Crippen LogP contribution in [0.2, 0.25) is 0 Å². The predicted molar refractivity (Wildman–Crippen MR) is 221 cm³/mol. The standard InChI is InChI=1S/2C20H26FN7O/c2*1-12(2)28-13(3)24-15-10-23-19(9-16(15)28)25-18-5-7-22-20(26-18)27-8-6-17(29-4)14(21)11-27/h2*5,7,9-10,12,14,17H,6,8,11H2,1-4H3,(H,22,23,25,26)/t2*14-,17+/m10/s1. The molecule has 0 amide bonds. The van der Waals surface area contributed by atoms with Crippen LogP contribution in [0.3, 0.4) is 0 Å². The van der Waals surface area contributed by atoms with Gasteiger partial charge in [-0.05, 0) is 66.5 Å². The molecule has 0 radical (unpaired) electrons. The number of fused-ring (bicyclic) bond motifs is 2. The van der Waals surface area contributed by atoms with Crippen molar-refractivity contribution in [2.75, 3.05) is 60.8 Å². The highest BCUT2D eigenvalue weighted by atomic mass is 19.1. The van der Waals surface area contributed by atoms with E-state index in [-0.39, 0.29) is 25.3 Å². The smallest absolute Gasteiger partial charge is 0.227 e. The Morgan fingerprint density at radius 1 is 0.621 bits per heavy atom. The number of aromatic nitrogens is 10. The maximum absolute atomic E-state index is 14.2. The second-order valence-electron chi connectivity index (χ2n) is 15.1. The molecule has 2 N–H and O–H groups in total. The molecule has 18 heteroatoms. The summed E-state index contributed by atoms with van der Waals surface area (Å²) in [5, 5.41) is 6.47. The minimum absolute atomic E-state index is 0.221. The van der Waals surface area contributed by atoms with Crippen LogP contribution in [0.15, 0.2) is 49.1 Å². The Labute approximate surface area is 336 Å². The lowest BCUT2D eigenvalue weighted by Crippen LogP contribution is -2.46. The van der Waals surface area contributed by atoms with Gasteiger partial charge in [0, 0.05) is 63.9 Å². The van der Waals surface area contributed by atoms with Crippen LogP contribution in [0.25, 0.3) is 22.1 Å². The maximum Gasteiger partial charge on any atom is 0.227 e. The molecule has 6 aromatic rings. The fourth-order valence-electron chi connectivity index (χ4n) is 7.74. The number of piperidine rings is 2. The Morgan fingerprint density at radius 2 is 1.03 bits per heavy atom. The highest BCUT2D eigenvalue weighted by Gasteiger charge is 2.31. The van der Waals surface area contributed by atoms with Crippen molar-refractivity contribution in [3.63, 3.8) is 0 Å². The lowest BCUT2D eigenvalue weighted by Gasteiger charge is -2.33. The summed E-state index contributed by atoms with van der Waals surface area (Å²) in [6.45, 7) is 14.2. The van der Waals surface area contributed by atoms with E-state index in [0.29, 0.717) is 73.2 Å². The van der Waals surface area contributed by atoms with Crippen molar-refractivity contribution in [1.29, 1.82) is 0 Å². The Kier molecular flexibility index (Phi) is 12.2. The number of methoxy groups -OCH3 is 2. The van der Waals surface area contributed by atoms with E-state index in [9.17, 15) is 8.78 Å². The number of ether oxygens (including phenoxy) is 2. The zero-order valence-electron chi connectivity index (χ0n) is 34.3. The molecule has 58 heavy (non-hydrogen) atoms. The summed E-state index contributed by atoms with van der Waals surface area (Å²) in [7, 11) is 3.09. The third-order valence-corrected chi connectivity index (χ3v) is 10.5. The van der Waals surface area contributed by atoms with Crippen molar-refractivity contribution < 1.29 is 18.3 Å². The van der Waals surface area contributed by atoms with Gasteiger partial charge in [0.2, 0.25) is 11.9 Å². The van der Waals surface area contributed by atoms with Crippen LogP contribution in [0, 0.1) is 13.8 Å². The van der Waals surface area contributed by atoms with E-state index >= 15 is 0 Å². The van der Waals surface area contributed by atoms with Crippen molar-refractivity contribution in [2.24, 2.45) is 0 Å². The number of hydrogen-bond donors (Lipinski definition) is 2. The average molecular weight is 799 g/mol. The molecule has 2 saturated heterocycles. The Morgan fingerprint density at radius 3 is 1.40 bits per heavy atom. The predicted octanol–water partition coefficient (Wildman–Crippen LogP) is 6.83. The maximum atomic E-state index is 14.2. The molecule has 2 aliphatic heterocycles. The molecule has 8 rings (SSSR count). The van der Waals surface area contributed by atoms with Crippen molar-refractivity contribution in [3.8, 4) is 0 Å². The number of hydrogen-bond acceptors (Lipinski definition) is 14. The molecule has 8 heterocycles. The van der Waals surface area contributed by atoms with Gasteiger partial charge in [0.05, 0.1) is 48.7 Å². The van der Waals surface area contributed by atoms with Gasteiger partial charge < -0.3 is 39.0 Å². The number of alkyl halides is 2. The molecule has 16 nitrogen and oxygen atoms in total. The Hall–Kier alpha value is -5.62. The van der Waals surface area contributed by atoms with Crippen molar-refractivity contribution >= 4 is 57.2 Å². The van der Waals surface area contributed by atoms with Gasteiger partial charge in [0.1, 0.15) is 58.3 Å². The fraction of sp³-hybridized carbons (Fsp3) is 0.500. The van der Waals surface area contributed by atoms with Crippen LogP contribution in [0.5, 0.6) is 0 Å². The van der Waals surface area contributed by atoms with Crippen LogP contribution >= 0.6 is 0 Å². The first kappa shape index (κ1) is 40.6. The average Bonchev–Trinajstić information content (AvgIpc) is 3.72. The van der Waals surface area contributed by atoms with E-state index in [0.717, 1.165) is 33.7 Å². The van der Waals surface area contributed by atoms with Gasteiger partial charge >= 0.3 is 0 Å². The Balaban J connectivity index is 0.000000177.